The van der Waals surface area contributed by atoms with Crippen LogP contribution in [-0.4, -0.2) is 23.0 Å². The van der Waals surface area contributed by atoms with Gasteiger partial charge in [0, 0.05) is 10.9 Å². The molecule has 0 aliphatic heterocycles. The molecule has 1 heterocycles. The lowest BCUT2D eigenvalue weighted by Gasteiger charge is -2.13. The molecule has 0 radical (unpaired) electrons. The van der Waals surface area contributed by atoms with E-state index < -0.39 is 18.0 Å². The summed E-state index contributed by atoms with van der Waals surface area (Å²) in [5.41, 5.74) is 1.73. The number of amides is 1. The lowest BCUT2D eigenvalue weighted by molar-refractivity contribution is -0.123. The van der Waals surface area contributed by atoms with Crippen molar-refractivity contribution < 1.29 is 14.3 Å². The molecule has 0 fully saturated rings. The van der Waals surface area contributed by atoms with Crippen LogP contribution in [0.1, 0.15) is 17.3 Å². The predicted octanol–water partition coefficient (Wildman–Crippen LogP) is 5.30. The molecule has 1 unspecified atom stereocenters. The number of esters is 1. The van der Waals surface area contributed by atoms with Gasteiger partial charge < -0.3 is 4.74 Å². The van der Waals surface area contributed by atoms with E-state index in [9.17, 15) is 9.59 Å². The molecule has 1 atom stereocenters. The fraction of sp³-hybridized carbons (Fsp3) is 0.105. The van der Waals surface area contributed by atoms with Crippen molar-refractivity contribution in [2.24, 2.45) is 0 Å². The first-order valence-corrected chi connectivity index (χ1v) is 9.56. The van der Waals surface area contributed by atoms with Crippen LogP contribution < -0.4 is 5.32 Å². The molecule has 27 heavy (non-hydrogen) atoms. The molecule has 0 aliphatic rings. The summed E-state index contributed by atoms with van der Waals surface area (Å²) in [6.07, 6.45) is -1.05. The van der Waals surface area contributed by atoms with Gasteiger partial charge in [0.25, 0.3) is 5.91 Å². The van der Waals surface area contributed by atoms with Crippen LogP contribution in [0.5, 0.6) is 0 Å². The van der Waals surface area contributed by atoms with E-state index in [2.05, 4.69) is 10.3 Å². The Bertz CT molecular complexity index is 956. The molecule has 0 saturated heterocycles. The Labute approximate surface area is 169 Å². The van der Waals surface area contributed by atoms with Crippen LogP contribution >= 0.6 is 34.5 Å². The Balaban J connectivity index is 1.64. The minimum atomic E-state index is -1.05. The number of rotatable bonds is 5. The number of nitrogens with one attached hydrogen (secondary N) is 1. The lowest BCUT2D eigenvalue weighted by atomic mass is 10.2. The molecular formula is C19H14Cl2N2O3S. The number of aromatic nitrogens is 1. The summed E-state index contributed by atoms with van der Waals surface area (Å²) < 4.78 is 5.18. The Morgan fingerprint density at radius 1 is 1.07 bits per heavy atom. The number of thiazole rings is 1. The van der Waals surface area contributed by atoms with Crippen molar-refractivity contribution in [3.63, 3.8) is 0 Å². The zero-order valence-electron chi connectivity index (χ0n) is 14.1. The van der Waals surface area contributed by atoms with Crippen LogP contribution in [0, 0.1) is 0 Å². The Kier molecular flexibility index (Phi) is 6.11. The van der Waals surface area contributed by atoms with Crippen molar-refractivity contribution in [1.82, 2.24) is 4.98 Å². The number of halogens is 2. The summed E-state index contributed by atoms with van der Waals surface area (Å²) in [4.78, 5) is 28.9. The maximum Gasteiger partial charge on any atom is 0.341 e. The van der Waals surface area contributed by atoms with Gasteiger partial charge in [-0.3, -0.25) is 10.1 Å². The van der Waals surface area contributed by atoms with Gasteiger partial charge in [0.1, 0.15) is 0 Å². The maximum absolute atomic E-state index is 12.3. The number of benzene rings is 2. The lowest BCUT2D eigenvalue weighted by Crippen LogP contribution is -2.30. The van der Waals surface area contributed by atoms with Crippen molar-refractivity contribution in [2.45, 2.75) is 13.0 Å². The van der Waals surface area contributed by atoms with Gasteiger partial charge in [0.2, 0.25) is 0 Å². The highest BCUT2D eigenvalue weighted by atomic mass is 35.5. The molecule has 0 bridgehead atoms. The van der Waals surface area contributed by atoms with Crippen molar-refractivity contribution in [2.75, 3.05) is 5.32 Å². The largest absolute Gasteiger partial charge is 0.449 e. The molecular weight excluding hydrogens is 407 g/mol. The average Bonchev–Trinajstić information content (AvgIpc) is 3.10. The fourth-order valence-corrected chi connectivity index (χ4v) is 3.52. The molecule has 3 rings (SSSR count). The second-order valence-corrected chi connectivity index (χ2v) is 7.21. The highest BCUT2D eigenvalue weighted by Gasteiger charge is 2.23. The monoisotopic (exact) mass is 420 g/mol. The van der Waals surface area contributed by atoms with E-state index in [4.69, 9.17) is 27.9 Å². The van der Waals surface area contributed by atoms with E-state index in [0.29, 0.717) is 5.13 Å². The van der Waals surface area contributed by atoms with E-state index in [1.54, 1.807) is 6.07 Å². The molecule has 5 nitrogen and oxygen atoms in total. The molecule has 1 N–H and O–H groups in total. The minimum absolute atomic E-state index is 0.0288. The maximum atomic E-state index is 12.3. The summed E-state index contributed by atoms with van der Waals surface area (Å²) in [6.45, 7) is 1.46. The molecule has 138 valence electrons. The average molecular weight is 421 g/mol. The molecule has 1 aromatic heterocycles. The first-order valence-electron chi connectivity index (χ1n) is 7.92. The molecule has 3 aromatic rings. The SMILES string of the molecule is CC(OC(=O)c1c(Cl)cccc1Cl)C(=O)Nc1nc(-c2ccccc2)cs1. The molecule has 1 amide bonds. The van der Waals surface area contributed by atoms with Gasteiger partial charge in [-0.1, -0.05) is 59.6 Å². The van der Waals surface area contributed by atoms with E-state index in [1.165, 1.54) is 30.4 Å². The number of carbonyl (C=O) groups excluding carboxylic acids is 2. The Morgan fingerprint density at radius 3 is 2.41 bits per heavy atom. The standard InChI is InChI=1S/C19H14Cl2N2O3S/c1-11(26-18(25)16-13(20)8-5-9-14(16)21)17(24)23-19-22-15(10-27-19)12-6-3-2-4-7-12/h2-11H,1H3,(H,22,23,24). The van der Waals surface area contributed by atoms with Crippen molar-refractivity contribution in [1.29, 1.82) is 0 Å². The fourth-order valence-electron chi connectivity index (χ4n) is 2.25. The smallest absolute Gasteiger partial charge is 0.341 e. The number of ether oxygens (including phenoxy) is 1. The predicted molar refractivity (Wildman–Crippen MR) is 108 cm³/mol. The number of anilines is 1. The van der Waals surface area contributed by atoms with Crippen LogP contribution in [0.3, 0.4) is 0 Å². The van der Waals surface area contributed by atoms with Crippen molar-refractivity contribution in [3.8, 4) is 11.3 Å². The van der Waals surface area contributed by atoms with Crippen LogP contribution in [0.15, 0.2) is 53.9 Å². The van der Waals surface area contributed by atoms with Gasteiger partial charge in [-0.25, -0.2) is 9.78 Å². The number of nitrogens with zero attached hydrogens (tertiary/aromatic N) is 1. The Morgan fingerprint density at radius 2 is 1.74 bits per heavy atom. The molecule has 2 aromatic carbocycles. The van der Waals surface area contributed by atoms with Crippen LogP contribution in [0.25, 0.3) is 11.3 Å². The van der Waals surface area contributed by atoms with Crippen molar-refractivity contribution >= 4 is 51.5 Å². The summed E-state index contributed by atoms with van der Waals surface area (Å²) in [6, 6.07) is 14.3. The topological polar surface area (TPSA) is 68.3 Å². The number of carbonyl (C=O) groups is 2. The minimum Gasteiger partial charge on any atom is -0.449 e. The number of hydrogen-bond donors (Lipinski definition) is 1. The zero-order chi connectivity index (χ0) is 19.4. The molecule has 0 saturated carbocycles. The normalized spacial score (nSPS) is 11.7. The second-order valence-electron chi connectivity index (χ2n) is 5.54. The van der Waals surface area contributed by atoms with Crippen LogP contribution in [-0.2, 0) is 9.53 Å². The third kappa shape index (κ3) is 4.66. The number of hydrogen-bond acceptors (Lipinski definition) is 5. The van der Waals surface area contributed by atoms with E-state index in [-0.39, 0.29) is 15.6 Å². The summed E-state index contributed by atoms with van der Waals surface area (Å²) in [7, 11) is 0. The van der Waals surface area contributed by atoms with E-state index >= 15 is 0 Å². The molecule has 8 heteroatoms. The third-order valence-corrected chi connectivity index (χ3v) is 5.01. The van der Waals surface area contributed by atoms with Gasteiger partial charge in [0.15, 0.2) is 11.2 Å². The van der Waals surface area contributed by atoms with Gasteiger partial charge in [-0.05, 0) is 19.1 Å². The molecule has 0 aliphatic carbocycles. The summed E-state index contributed by atoms with van der Waals surface area (Å²) in [5, 5.41) is 5.22. The highest BCUT2D eigenvalue weighted by Crippen LogP contribution is 2.26. The second kappa shape index (κ2) is 8.52. The van der Waals surface area contributed by atoms with Crippen molar-refractivity contribution in [3.05, 3.63) is 69.5 Å². The van der Waals surface area contributed by atoms with Crippen LogP contribution in [0.2, 0.25) is 10.0 Å². The molecule has 0 spiro atoms. The first-order chi connectivity index (χ1) is 13.0. The van der Waals surface area contributed by atoms with Gasteiger partial charge in [-0.2, -0.15) is 0 Å². The summed E-state index contributed by atoms with van der Waals surface area (Å²) in [5.74, 6) is -1.27. The zero-order valence-corrected chi connectivity index (χ0v) is 16.4. The summed E-state index contributed by atoms with van der Waals surface area (Å²) >= 11 is 13.3. The third-order valence-electron chi connectivity index (χ3n) is 3.62. The van der Waals surface area contributed by atoms with Crippen LogP contribution in [0.4, 0.5) is 5.13 Å². The van der Waals surface area contributed by atoms with E-state index in [1.807, 2.05) is 35.7 Å². The first kappa shape index (κ1) is 19.4. The van der Waals surface area contributed by atoms with Gasteiger partial charge in [0.05, 0.1) is 21.3 Å². The van der Waals surface area contributed by atoms with E-state index in [0.717, 1.165) is 11.3 Å². The van der Waals surface area contributed by atoms with Gasteiger partial charge >= 0.3 is 5.97 Å². The van der Waals surface area contributed by atoms with Gasteiger partial charge in [-0.15, -0.1) is 11.3 Å². The Hall–Kier alpha value is -2.41. The highest BCUT2D eigenvalue weighted by molar-refractivity contribution is 7.14. The quantitative estimate of drug-likeness (QED) is 0.568.